The van der Waals surface area contributed by atoms with Crippen LogP contribution < -0.4 is 0 Å². The SMILES string of the molecule is Cc1cc(CC(O)O)n2ncnc2n1. The van der Waals surface area contributed by atoms with Gasteiger partial charge in [-0.15, -0.1) is 0 Å². The molecule has 74 valence electrons. The molecule has 0 radical (unpaired) electrons. The molecule has 0 aliphatic carbocycles. The van der Waals surface area contributed by atoms with Crippen LogP contribution in [0.25, 0.3) is 5.78 Å². The van der Waals surface area contributed by atoms with Crippen molar-refractivity contribution in [3.8, 4) is 0 Å². The number of aryl methyl sites for hydroxylation is 1. The molecule has 0 aromatic carbocycles. The molecule has 0 atom stereocenters. The second-order valence-corrected chi connectivity index (χ2v) is 3.05. The number of aromatic nitrogens is 4. The number of aliphatic hydroxyl groups is 2. The molecule has 14 heavy (non-hydrogen) atoms. The van der Waals surface area contributed by atoms with Crippen molar-refractivity contribution in [1.29, 1.82) is 0 Å². The Morgan fingerprint density at radius 1 is 1.50 bits per heavy atom. The van der Waals surface area contributed by atoms with Crippen molar-refractivity contribution < 1.29 is 10.2 Å². The highest BCUT2D eigenvalue weighted by molar-refractivity contribution is 5.29. The average Bonchev–Trinajstić information content (AvgIpc) is 2.50. The van der Waals surface area contributed by atoms with Gasteiger partial charge < -0.3 is 10.2 Å². The van der Waals surface area contributed by atoms with Crippen LogP contribution in [0.3, 0.4) is 0 Å². The molecule has 0 saturated carbocycles. The monoisotopic (exact) mass is 194 g/mol. The van der Waals surface area contributed by atoms with Gasteiger partial charge in [-0.1, -0.05) is 0 Å². The van der Waals surface area contributed by atoms with Crippen molar-refractivity contribution >= 4 is 5.78 Å². The molecular weight excluding hydrogens is 184 g/mol. The molecule has 0 amide bonds. The summed E-state index contributed by atoms with van der Waals surface area (Å²) in [6.07, 6.45) is 0.113. The third kappa shape index (κ3) is 1.57. The first-order valence-electron chi connectivity index (χ1n) is 4.19. The largest absolute Gasteiger partial charge is 0.368 e. The van der Waals surface area contributed by atoms with E-state index in [9.17, 15) is 0 Å². The molecule has 2 rings (SSSR count). The molecule has 0 bridgehead atoms. The van der Waals surface area contributed by atoms with E-state index in [-0.39, 0.29) is 6.42 Å². The average molecular weight is 194 g/mol. The molecule has 2 aromatic heterocycles. The van der Waals surface area contributed by atoms with Crippen molar-refractivity contribution in [2.45, 2.75) is 19.6 Å². The van der Waals surface area contributed by atoms with Gasteiger partial charge in [0, 0.05) is 12.1 Å². The van der Waals surface area contributed by atoms with E-state index in [1.54, 1.807) is 6.07 Å². The van der Waals surface area contributed by atoms with Crippen LogP contribution in [0.4, 0.5) is 0 Å². The zero-order valence-corrected chi connectivity index (χ0v) is 7.62. The van der Waals surface area contributed by atoms with E-state index in [0.717, 1.165) is 5.69 Å². The van der Waals surface area contributed by atoms with Crippen LogP contribution in [-0.2, 0) is 6.42 Å². The first kappa shape index (κ1) is 9.04. The molecule has 2 N–H and O–H groups in total. The molecule has 0 aliphatic heterocycles. The van der Waals surface area contributed by atoms with Crippen molar-refractivity contribution in [3.63, 3.8) is 0 Å². The summed E-state index contributed by atoms with van der Waals surface area (Å²) in [5, 5.41) is 21.7. The van der Waals surface area contributed by atoms with E-state index in [4.69, 9.17) is 10.2 Å². The van der Waals surface area contributed by atoms with E-state index >= 15 is 0 Å². The minimum absolute atomic E-state index is 0.114. The van der Waals surface area contributed by atoms with Crippen LogP contribution in [0.5, 0.6) is 0 Å². The highest BCUT2D eigenvalue weighted by Crippen LogP contribution is 2.06. The van der Waals surface area contributed by atoms with Crippen LogP contribution in [0.15, 0.2) is 12.4 Å². The van der Waals surface area contributed by atoms with Gasteiger partial charge in [0.25, 0.3) is 5.78 Å². The van der Waals surface area contributed by atoms with E-state index in [2.05, 4.69) is 15.1 Å². The van der Waals surface area contributed by atoms with E-state index in [0.29, 0.717) is 11.5 Å². The van der Waals surface area contributed by atoms with Crippen LogP contribution in [0.2, 0.25) is 0 Å². The van der Waals surface area contributed by atoms with Gasteiger partial charge in [0.05, 0.1) is 5.69 Å². The van der Waals surface area contributed by atoms with Crippen molar-refractivity contribution in [2.75, 3.05) is 0 Å². The maximum Gasteiger partial charge on any atom is 0.252 e. The lowest BCUT2D eigenvalue weighted by atomic mass is 10.2. The lowest BCUT2D eigenvalue weighted by Crippen LogP contribution is -2.13. The van der Waals surface area contributed by atoms with Crippen LogP contribution >= 0.6 is 0 Å². The summed E-state index contributed by atoms with van der Waals surface area (Å²) in [7, 11) is 0. The highest BCUT2D eigenvalue weighted by Gasteiger charge is 2.08. The zero-order valence-electron chi connectivity index (χ0n) is 7.62. The molecule has 2 heterocycles. The number of hydrogen-bond acceptors (Lipinski definition) is 5. The quantitative estimate of drug-likeness (QED) is 0.617. The van der Waals surface area contributed by atoms with Gasteiger partial charge in [0.2, 0.25) is 0 Å². The van der Waals surface area contributed by atoms with Crippen molar-refractivity contribution in [3.05, 3.63) is 23.8 Å². The number of hydrogen-bond donors (Lipinski definition) is 2. The molecule has 0 aliphatic rings. The lowest BCUT2D eigenvalue weighted by molar-refractivity contribution is -0.0391. The molecule has 6 nitrogen and oxygen atoms in total. The standard InChI is InChI=1S/C8H10N4O2/c1-5-2-6(3-7(13)14)12-8(11-5)9-4-10-12/h2,4,7,13-14H,3H2,1H3. The minimum atomic E-state index is -1.39. The summed E-state index contributed by atoms with van der Waals surface area (Å²) in [6, 6.07) is 1.75. The molecule has 6 heteroatoms. The van der Waals surface area contributed by atoms with Gasteiger partial charge in [-0.2, -0.15) is 10.1 Å². The number of fused-ring (bicyclic) bond motifs is 1. The second-order valence-electron chi connectivity index (χ2n) is 3.05. The van der Waals surface area contributed by atoms with Crippen LogP contribution in [0.1, 0.15) is 11.4 Å². The Morgan fingerprint density at radius 2 is 2.29 bits per heavy atom. The first-order valence-corrected chi connectivity index (χ1v) is 4.19. The predicted octanol–water partition coefficient (Wildman–Crippen LogP) is -0.714. The van der Waals surface area contributed by atoms with Gasteiger partial charge in [-0.25, -0.2) is 9.50 Å². The van der Waals surface area contributed by atoms with Gasteiger partial charge in [0.15, 0.2) is 6.29 Å². The molecule has 2 aromatic rings. The maximum atomic E-state index is 8.87. The third-order valence-electron chi connectivity index (χ3n) is 1.85. The third-order valence-corrected chi connectivity index (χ3v) is 1.85. The molecular formula is C8H10N4O2. The Hall–Kier alpha value is -1.53. The summed E-state index contributed by atoms with van der Waals surface area (Å²) >= 11 is 0. The summed E-state index contributed by atoms with van der Waals surface area (Å²) in [6.45, 7) is 1.82. The first-order chi connectivity index (χ1) is 6.66. The van der Waals surface area contributed by atoms with Crippen LogP contribution in [0, 0.1) is 6.92 Å². The number of nitrogens with zero attached hydrogens (tertiary/aromatic N) is 4. The minimum Gasteiger partial charge on any atom is -0.368 e. The van der Waals surface area contributed by atoms with Crippen LogP contribution in [-0.4, -0.2) is 36.1 Å². The Bertz CT molecular complexity index is 452. The Labute approximate surface area is 79.9 Å². The van der Waals surface area contributed by atoms with Gasteiger partial charge in [-0.3, -0.25) is 0 Å². The van der Waals surface area contributed by atoms with Gasteiger partial charge in [-0.05, 0) is 13.0 Å². The molecule has 0 unspecified atom stereocenters. The summed E-state index contributed by atoms with van der Waals surface area (Å²) in [4.78, 5) is 8.05. The summed E-state index contributed by atoms with van der Waals surface area (Å²) in [5.74, 6) is 0.473. The molecule has 0 fully saturated rings. The number of aliphatic hydroxyl groups excluding tert-OH is 1. The van der Waals surface area contributed by atoms with E-state index in [1.807, 2.05) is 6.92 Å². The lowest BCUT2D eigenvalue weighted by Gasteiger charge is -2.05. The van der Waals surface area contributed by atoms with E-state index in [1.165, 1.54) is 10.8 Å². The topological polar surface area (TPSA) is 83.5 Å². The fourth-order valence-corrected chi connectivity index (χ4v) is 1.34. The Kier molecular flexibility index (Phi) is 2.14. The Balaban J connectivity index is 2.55. The summed E-state index contributed by atoms with van der Waals surface area (Å²) in [5.41, 5.74) is 1.46. The maximum absolute atomic E-state index is 8.87. The fraction of sp³-hybridized carbons (Fsp3) is 0.375. The van der Waals surface area contributed by atoms with Crippen molar-refractivity contribution in [2.24, 2.45) is 0 Å². The fourth-order valence-electron chi connectivity index (χ4n) is 1.34. The summed E-state index contributed by atoms with van der Waals surface area (Å²) < 4.78 is 1.49. The predicted molar refractivity (Wildman–Crippen MR) is 47.4 cm³/mol. The Morgan fingerprint density at radius 3 is 3.00 bits per heavy atom. The number of rotatable bonds is 2. The zero-order chi connectivity index (χ0) is 10.1. The van der Waals surface area contributed by atoms with Gasteiger partial charge >= 0.3 is 0 Å². The molecule has 0 spiro atoms. The molecule has 0 saturated heterocycles. The normalized spacial score (nSPS) is 11.4. The van der Waals surface area contributed by atoms with E-state index < -0.39 is 6.29 Å². The van der Waals surface area contributed by atoms with Crippen molar-refractivity contribution in [1.82, 2.24) is 19.6 Å². The highest BCUT2D eigenvalue weighted by atomic mass is 16.5. The second kappa shape index (κ2) is 3.32. The smallest absolute Gasteiger partial charge is 0.252 e. The van der Waals surface area contributed by atoms with Gasteiger partial charge in [0.1, 0.15) is 6.33 Å².